The second-order valence-electron chi connectivity index (χ2n) is 6.98. The number of rotatable bonds is 8. The summed E-state index contributed by atoms with van der Waals surface area (Å²) < 4.78 is 11.4. The Balaban J connectivity index is 1.99. The van der Waals surface area contributed by atoms with Crippen LogP contribution >= 0.6 is 0 Å². The van der Waals surface area contributed by atoms with Gasteiger partial charge in [0.15, 0.2) is 6.10 Å². The van der Waals surface area contributed by atoms with Crippen LogP contribution in [-0.4, -0.2) is 35.0 Å². The summed E-state index contributed by atoms with van der Waals surface area (Å²) in [5.41, 5.74) is 1.40. The zero-order chi connectivity index (χ0) is 23.8. The number of anilines is 1. The number of phenols is 1. The van der Waals surface area contributed by atoms with Gasteiger partial charge in [-0.15, -0.1) is 0 Å². The van der Waals surface area contributed by atoms with Crippen LogP contribution < -0.4 is 5.32 Å². The van der Waals surface area contributed by atoms with Gasteiger partial charge in [-0.2, -0.15) is 5.26 Å². The van der Waals surface area contributed by atoms with Gasteiger partial charge < -0.3 is 19.7 Å². The second kappa shape index (κ2) is 10.8. The molecule has 8 nitrogen and oxygen atoms in total. The number of ether oxygens (including phenoxy) is 2. The highest BCUT2D eigenvalue weighted by Gasteiger charge is 2.28. The third-order valence-corrected chi connectivity index (χ3v) is 4.82. The molecule has 2 atom stereocenters. The lowest BCUT2D eigenvalue weighted by atomic mass is 9.96. The van der Waals surface area contributed by atoms with Crippen LogP contribution in [0.1, 0.15) is 24.2 Å². The van der Waals surface area contributed by atoms with Crippen LogP contribution in [0.3, 0.4) is 0 Å². The van der Waals surface area contributed by atoms with Gasteiger partial charge in [-0.25, -0.2) is 9.59 Å². The molecular formula is C25H22N2O6. The molecule has 3 rings (SSSR count). The predicted octanol–water partition coefficient (Wildman–Crippen LogP) is 4.75. The number of benzene rings is 3. The van der Waals surface area contributed by atoms with Gasteiger partial charge in [0, 0.05) is 29.3 Å². The lowest BCUT2D eigenvalue weighted by Crippen LogP contribution is -2.28. The van der Waals surface area contributed by atoms with Gasteiger partial charge in [0.1, 0.15) is 11.9 Å². The fourth-order valence-electron chi connectivity index (χ4n) is 3.37. The van der Waals surface area contributed by atoms with Crippen LogP contribution in [0.4, 0.5) is 10.5 Å². The fraction of sp³-hybridized carbons (Fsp3) is 0.160. The normalized spacial score (nSPS) is 12.7. The van der Waals surface area contributed by atoms with E-state index in [1.807, 2.05) is 6.07 Å². The van der Waals surface area contributed by atoms with Crippen molar-refractivity contribution in [2.45, 2.75) is 19.1 Å². The maximum atomic E-state index is 12.8. The van der Waals surface area contributed by atoms with Gasteiger partial charge in [-0.05, 0) is 48.7 Å². The maximum Gasteiger partial charge on any atom is 0.412 e. The number of carbonyl (C=O) groups is 2. The summed E-state index contributed by atoms with van der Waals surface area (Å²) in [6, 6.07) is 18.4. The molecule has 0 spiro atoms. The van der Waals surface area contributed by atoms with Gasteiger partial charge in [0.2, 0.25) is 0 Å². The molecule has 0 aliphatic rings. The number of carbonyl (C=O) groups excluding carboxylic acids is 1. The third kappa shape index (κ3) is 5.87. The van der Waals surface area contributed by atoms with Gasteiger partial charge >= 0.3 is 12.1 Å². The topological polar surface area (TPSA) is 129 Å². The average Bonchev–Trinajstić information content (AvgIpc) is 2.81. The molecule has 0 unspecified atom stereocenters. The largest absolute Gasteiger partial charge is 0.507 e. The van der Waals surface area contributed by atoms with Crippen molar-refractivity contribution in [2.24, 2.45) is 0 Å². The van der Waals surface area contributed by atoms with E-state index in [0.29, 0.717) is 27.6 Å². The van der Waals surface area contributed by atoms with Crippen LogP contribution in [0.15, 0.2) is 72.8 Å². The molecule has 168 valence electrons. The smallest absolute Gasteiger partial charge is 0.412 e. The standard InChI is InChI=1S/C25H22N2O6/c1-2-32-22(13-14-23(29)30)24(20-11-12-21(28)19-6-4-3-5-18(19)20)33-25(31)27-17-9-7-16(15-26)8-10-17/h3-14,22,24,28H,2H2,1H3,(H,27,31)(H,29,30)/b14-13+/t22-,24-/m1/s1. The minimum Gasteiger partial charge on any atom is -0.507 e. The zero-order valence-corrected chi connectivity index (χ0v) is 17.8. The quantitative estimate of drug-likeness (QED) is 0.426. The van der Waals surface area contributed by atoms with Crippen molar-refractivity contribution in [1.29, 1.82) is 5.26 Å². The molecule has 0 fully saturated rings. The molecule has 3 aromatic carbocycles. The van der Waals surface area contributed by atoms with Crippen LogP contribution in [0, 0.1) is 11.3 Å². The summed E-state index contributed by atoms with van der Waals surface area (Å²) in [4.78, 5) is 23.9. The SMILES string of the molecule is CCO[C@H](/C=C/C(=O)O)[C@H](OC(=O)Nc1ccc(C#N)cc1)c1ccc(O)c2ccccc12. The van der Waals surface area contributed by atoms with Gasteiger partial charge in [-0.1, -0.05) is 30.3 Å². The van der Waals surface area contributed by atoms with Crippen molar-refractivity contribution in [1.82, 2.24) is 0 Å². The maximum absolute atomic E-state index is 12.8. The van der Waals surface area contributed by atoms with Gasteiger partial charge in [-0.3, -0.25) is 5.32 Å². The van der Waals surface area contributed by atoms with E-state index in [9.17, 15) is 14.7 Å². The van der Waals surface area contributed by atoms with E-state index < -0.39 is 24.3 Å². The number of hydrogen-bond acceptors (Lipinski definition) is 6. The summed E-state index contributed by atoms with van der Waals surface area (Å²) in [7, 11) is 0. The second-order valence-corrected chi connectivity index (χ2v) is 6.98. The number of nitrogens with zero attached hydrogens (tertiary/aromatic N) is 1. The molecule has 0 aliphatic carbocycles. The van der Waals surface area contributed by atoms with E-state index in [1.165, 1.54) is 12.1 Å². The van der Waals surface area contributed by atoms with Crippen molar-refractivity contribution in [2.75, 3.05) is 11.9 Å². The molecule has 0 aliphatic heterocycles. The average molecular weight is 446 g/mol. The molecular weight excluding hydrogens is 424 g/mol. The molecule has 0 radical (unpaired) electrons. The molecule has 3 N–H and O–H groups in total. The van der Waals surface area contributed by atoms with Crippen molar-refractivity contribution >= 4 is 28.5 Å². The summed E-state index contributed by atoms with van der Waals surface area (Å²) in [5, 5.41) is 32.0. The Morgan fingerprint density at radius 1 is 1.09 bits per heavy atom. The highest BCUT2D eigenvalue weighted by Crippen LogP contribution is 2.35. The van der Waals surface area contributed by atoms with E-state index >= 15 is 0 Å². The van der Waals surface area contributed by atoms with Gasteiger partial charge in [0.25, 0.3) is 0 Å². The summed E-state index contributed by atoms with van der Waals surface area (Å²) in [6.45, 7) is 1.98. The molecule has 0 aromatic heterocycles. The molecule has 33 heavy (non-hydrogen) atoms. The number of amides is 1. The highest BCUT2D eigenvalue weighted by molar-refractivity contribution is 5.92. The Hall–Kier alpha value is -4.35. The molecule has 3 aromatic rings. The van der Waals surface area contributed by atoms with E-state index in [2.05, 4.69) is 5.32 Å². The Bertz CT molecular complexity index is 1210. The predicted molar refractivity (Wildman–Crippen MR) is 122 cm³/mol. The zero-order valence-electron chi connectivity index (χ0n) is 17.8. The van der Waals surface area contributed by atoms with Crippen LogP contribution in [0.25, 0.3) is 10.8 Å². The number of aromatic hydroxyl groups is 1. The first-order valence-electron chi connectivity index (χ1n) is 10.1. The van der Waals surface area contributed by atoms with E-state index in [0.717, 1.165) is 6.08 Å². The summed E-state index contributed by atoms with van der Waals surface area (Å²) in [5.74, 6) is -1.11. The Kier molecular flexibility index (Phi) is 7.63. The molecule has 0 bridgehead atoms. The highest BCUT2D eigenvalue weighted by atomic mass is 16.6. The minimum atomic E-state index is -1.17. The van der Waals surface area contributed by atoms with Crippen molar-refractivity contribution < 1.29 is 29.3 Å². The van der Waals surface area contributed by atoms with Crippen molar-refractivity contribution in [3.05, 3.63) is 83.9 Å². The first-order valence-corrected chi connectivity index (χ1v) is 10.1. The molecule has 0 heterocycles. The number of carboxylic acid groups (broad SMARTS) is 1. The third-order valence-electron chi connectivity index (χ3n) is 4.82. The van der Waals surface area contributed by atoms with E-state index in [4.69, 9.17) is 19.8 Å². The lowest BCUT2D eigenvalue weighted by Gasteiger charge is -2.26. The number of fused-ring (bicyclic) bond motifs is 1. The van der Waals surface area contributed by atoms with Gasteiger partial charge in [0.05, 0.1) is 11.6 Å². The van der Waals surface area contributed by atoms with Crippen LogP contribution in [0.2, 0.25) is 0 Å². The Morgan fingerprint density at radius 3 is 2.42 bits per heavy atom. The van der Waals surface area contributed by atoms with Crippen LogP contribution in [0.5, 0.6) is 5.75 Å². The first kappa shape index (κ1) is 23.3. The first-order chi connectivity index (χ1) is 15.9. The molecule has 1 amide bonds. The Labute approximate surface area is 190 Å². The van der Waals surface area contributed by atoms with Crippen LogP contribution in [-0.2, 0) is 14.3 Å². The van der Waals surface area contributed by atoms with E-state index in [-0.39, 0.29) is 12.4 Å². The number of nitriles is 1. The minimum absolute atomic E-state index is 0.0594. The van der Waals surface area contributed by atoms with E-state index in [1.54, 1.807) is 61.5 Å². The van der Waals surface area contributed by atoms with Crippen molar-refractivity contribution in [3.63, 3.8) is 0 Å². The molecule has 0 saturated heterocycles. The fourth-order valence-corrected chi connectivity index (χ4v) is 3.37. The molecule has 0 saturated carbocycles. The number of aliphatic carboxylic acids is 1. The number of carboxylic acids is 1. The number of nitrogens with one attached hydrogen (secondary N) is 1. The Morgan fingerprint density at radius 2 is 1.79 bits per heavy atom. The summed E-state index contributed by atoms with van der Waals surface area (Å²) >= 11 is 0. The van der Waals surface area contributed by atoms with Crippen molar-refractivity contribution in [3.8, 4) is 11.8 Å². The number of phenolic OH excluding ortho intramolecular Hbond substituents is 1. The summed E-state index contributed by atoms with van der Waals surface area (Å²) in [6.07, 6.45) is -0.490. The number of hydrogen-bond donors (Lipinski definition) is 3. The molecule has 8 heteroatoms. The lowest BCUT2D eigenvalue weighted by molar-refractivity contribution is -0.131. The monoisotopic (exact) mass is 446 g/mol.